The number of hydrogen-bond acceptors (Lipinski definition) is 2. The standard InChI is InChI=1S/C18H24O2/c1-4-5-7-10-15(2)16(3)14-20-18(19)13-17-11-8-6-9-12-17/h4,6-12,15-16H,1,5,13-14H2,2-3H3/b10-7+. The molecule has 0 saturated carbocycles. The molecule has 0 aromatic heterocycles. The van der Waals surface area contributed by atoms with Gasteiger partial charge < -0.3 is 4.74 Å². The molecule has 0 fully saturated rings. The van der Waals surface area contributed by atoms with E-state index in [4.69, 9.17) is 4.74 Å². The molecular formula is C18H24O2. The van der Waals surface area contributed by atoms with Crippen LogP contribution in [0.5, 0.6) is 0 Å². The van der Waals surface area contributed by atoms with E-state index >= 15 is 0 Å². The third kappa shape index (κ3) is 6.37. The fraction of sp³-hybridized carbons (Fsp3) is 0.389. The summed E-state index contributed by atoms with van der Waals surface area (Å²) >= 11 is 0. The van der Waals surface area contributed by atoms with E-state index in [-0.39, 0.29) is 5.97 Å². The maximum absolute atomic E-state index is 11.7. The van der Waals surface area contributed by atoms with Gasteiger partial charge in [0.15, 0.2) is 0 Å². The lowest BCUT2D eigenvalue weighted by atomic mass is 9.96. The topological polar surface area (TPSA) is 26.3 Å². The highest BCUT2D eigenvalue weighted by atomic mass is 16.5. The second-order valence-corrected chi connectivity index (χ2v) is 5.13. The molecule has 0 bridgehead atoms. The van der Waals surface area contributed by atoms with Gasteiger partial charge >= 0.3 is 5.97 Å². The monoisotopic (exact) mass is 272 g/mol. The molecule has 0 spiro atoms. The van der Waals surface area contributed by atoms with E-state index in [1.54, 1.807) is 0 Å². The summed E-state index contributed by atoms with van der Waals surface area (Å²) in [4.78, 5) is 11.7. The van der Waals surface area contributed by atoms with Crippen molar-refractivity contribution < 1.29 is 9.53 Å². The maximum Gasteiger partial charge on any atom is 0.310 e. The average Bonchev–Trinajstić information content (AvgIpc) is 2.46. The molecule has 2 unspecified atom stereocenters. The highest BCUT2D eigenvalue weighted by Gasteiger charge is 2.12. The molecule has 1 rings (SSSR count). The van der Waals surface area contributed by atoms with Crippen LogP contribution >= 0.6 is 0 Å². The quantitative estimate of drug-likeness (QED) is 0.524. The fourth-order valence-electron chi connectivity index (χ4n) is 1.77. The van der Waals surface area contributed by atoms with E-state index in [1.165, 1.54) is 0 Å². The lowest BCUT2D eigenvalue weighted by Crippen LogP contribution is -2.17. The molecule has 2 heteroatoms. The number of carbonyl (C=O) groups is 1. The molecule has 0 aliphatic heterocycles. The highest BCUT2D eigenvalue weighted by molar-refractivity contribution is 5.72. The van der Waals surface area contributed by atoms with Crippen LogP contribution in [0.4, 0.5) is 0 Å². The maximum atomic E-state index is 11.7. The Hall–Kier alpha value is -1.83. The summed E-state index contributed by atoms with van der Waals surface area (Å²) in [5, 5.41) is 0. The largest absolute Gasteiger partial charge is 0.465 e. The summed E-state index contributed by atoms with van der Waals surface area (Å²) < 4.78 is 5.34. The van der Waals surface area contributed by atoms with Gasteiger partial charge in [-0.3, -0.25) is 4.79 Å². The summed E-state index contributed by atoms with van der Waals surface area (Å²) in [5.74, 6) is 0.542. The van der Waals surface area contributed by atoms with E-state index in [0.29, 0.717) is 24.9 Å². The van der Waals surface area contributed by atoms with Crippen LogP contribution in [-0.4, -0.2) is 12.6 Å². The molecule has 0 heterocycles. The second-order valence-electron chi connectivity index (χ2n) is 5.13. The Kier molecular flexibility index (Phi) is 7.41. The number of ether oxygens (including phenoxy) is 1. The normalized spacial score (nSPS) is 13.9. The van der Waals surface area contributed by atoms with Crippen LogP contribution in [0, 0.1) is 11.8 Å². The van der Waals surface area contributed by atoms with Crippen LogP contribution in [0.15, 0.2) is 55.1 Å². The van der Waals surface area contributed by atoms with Gasteiger partial charge in [-0.25, -0.2) is 0 Å². The van der Waals surface area contributed by atoms with Crippen molar-refractivity contribution in [2.45, 2.75) is 26.7 Å². The molecule has 0 saturated heterocycles. The van der Waals surface area contributed by atoms with Crippen LogP contribution in [0.2, 0.25) is 0 Å². The van der Waals surface area contributed by atoms with Gasteiger partial charge in [-0.2, -0.15) is 0 Å². The molecule has 1 aromatic carbocycles. The Balaban J connectivity index is 2.31. The van der Waals surface area contributed by atoms with Crippen LogP contribution in [0.1, 0.15) is 25.8 Å². The third-order valence-corrected chi connectivity index (χ3v) is 3.34. The minimum atomic E-state index is -0.162. The smallest absolute Gasteiger partial charge is 0.310 e. The van der Waals surface area contributed by atoms with Gasteiger partial charge in [0.05, 0.1) is 13.0 Å². The molecule has 108 valence electrons. The Morgan fingerprint density at radius 3 is 2.65 bits per heavy atom. The van der Waals surface area contributed by atoms with Crippen molar-refractivity contribution >= 4 is 5.97 Å². The lowest BCUT2D eigenvalue weighted by molar-refractivity contribution is -0.144. The highest BCUT2D eigenvalue weighted by Crippen LogP contribution is 2.13. The summed E-state index contributed by atoms with van der Waals surface area (Å²) in [6.45, 7) is 8.37. The van der Waals surface area contributed by atoms with Gasteiger partial charge in [0.2, 0.25) is 0 Å². The first-order valence-electron chi connectivity index (χ1n) is 7.10. The van der Waals surface area contributed by atoms with Crippen molar-refractivity contribution in [3.05, 3.63) is 60.7 Å². The van der Waals surface area contributed by atoms with E-state index in [1.807, 2.05) is 36.4 Å². The second kappa shape index (κ2) is 9.13. The Bertz CT molecular complexity index is 434. The summed E-state index contributed by atoms with van der Waals surface area (Å²) in [6.07, 6.45) is 7.34. The van der Waals surface area contributed by atoms with Gasteiger partial charge in [-0.1, -0.05) is 62.4 Å². The predicted octanol–water partition coefficient (Wildman–Crippen LogP) is 4.18. The number of esters is 1. The zero-order valence-corrected chi connectivity index (χ0v) is 12.4. The van der Waals surface area contributed by atoms with Crippen LogP contribution in [0.3, 0.4) is 0 Å². The summed E-state index contributed by atoms with van der Waals surface area (Å²) in [6, 6.07) is 9.67. The van der Waals surface area contributed by atoms with Crippen molar-refractivity contribution in [1.82, 2.24) is 0 Å². The zero-order valence-electron chi connectivity index (χ0n) is 12.4. The number of carbonyl (C=O) groups excluding carboxylic acids is 1. The van der Waals surface area contributed by atoms with Gasteiger partial charge in [-0.05, 0) is 23.8 Å². The van der Waals surface area contributed by atoms with Crippen molar-refractivity contribution in [1.29, 1.82) is 0 Å². The zero-order chi connectivity index (χ0) is 14.8. The van der Waals surface area contributed by atoms with Gasteiger partial charge in [0.1, 0.15) is 0 Å². The van der Waals surface area contributed by atoms with E-state index in [9.17, 15) is 4.79 Å². The number of hydrogen-bond donors (Lipinski definition) is 0. The van der Waals surface area contributed by atoms with Gasteiger partial charge in [-0.15, -0.1) is 6.58 Å². The van der Waals surface area contributed by atoms with Crippen LogP contribution < -0.4 is 0 Å². The number of rotatable bonds is 8. The summed E-state index contributed by atoms with van der Waals surface area (Å²) in [7, 11) is 0. The first-order valence-corrected chi connectivity index (χ1v) is 7.10. The minimum Gasteiger partial charge on any atom is -0.465 e. The molecule has 0 amide bonds. The lowest BCUT2D eigenvalue weighted by Gasteiger charge is -2.16. The van der Waals surface area contributed by atoms with E-state index in [2.05, 4.69) is 32.6 Å². The minimum absolute atomic E-state index is 0.162. The van der Waals surface area contributed by atoms with Crippen LogP contribution in [0.25, 0.3) is 0 Å². The molecule has 0 aliphatic carbocycles. The fourth-order valence-corrected chi connectivity index (χ4v) is 1.77. The molecule has 0 radical (unpaired) electrons. The van der Waals surface area contributed by atoms with Crippen molar-refractivity contribution in [3.63, 3.8) is 0 Å². The van der Waals surface area contributed by atoms with Crippen LogP contribution in [-0.2, 0) is 16.0 Å². The average molecular weight is 272 g/mol. The molecule has 20 heavy (non-hydrogen) atoms. The Morgan fingerprint density at radius 2 is 2.00 bits per heavy atom. The van der Waals surface area contributed by atoms with Gasteiger partial charge in [0.25, 0.3) is 0 Å². The van der Waals surface area contributed by atoms with E-state index in [0.717, 1.165) is 12.0 Å². The molecule has 2 nitrogen and oxygen atoms in total. The van der Waals surface area contributed by atoms with Gasteiger partial charge in [0, 0.05) is 0 Å². The molecule has 0 aliphatic rings. The Morgan fingerprint density at radius 1 is 1.30 bits per heavy atom. The number of allylic oxidation sites excluding steroid dienone is 3. The van der Waals surface area contributed by atoms with Crippen molar-refractivity contribution in [3.8, 4) is 0 Å². The van der Waals surface area contributed by atoms with E-state index < -0.39 is 0 Å². The number of benzene rings is 1. The first kappa shape index (κ1) is 16.2. The molecule has 2 atom stereocenters. The molecule has 1 aromatic rings. The summed E-state index contributed by atoms with van der Waals surface area (Å²) in [5.41, 5.74) is 0.990. The molecular weight excluding hydrogens is 248 g/mol. The molecule has 0 N–H and O–H groups in total. The van der Waals surface area contributed by atoms with Crippen molar-refractivity contribution in [2.75, 3.05) is 6.61 Å². The van der Waals surface area contributed by atoms with Crippen molar-refractivity contribution in [2.24, 2.45) is 11.8 Å². The predicted molar refractivity (Wildman–Crippen MR) is 83.4 cm³/mol. The first-order chi connectivity index (χ1) is 9.63. The SMILES string of the molecule is C=CC/C=C/C(C)C(C)COC(=O)Cc1ccccc1. The third-order valence-electron chi connectivity index (χ3n) is 3.34. The Labute approximate surface area is 122 Å².